The minimum absolute atomic E-state index is 0.108. The highest BCUT2D eigenvalue weighted by Crippen LogP contribution is 2.40. The average molecular weight is 401 g/mol. The third-order valence-corrected chi connectivity index (χ3v) is 5.46. The number of phenolic OH excluding ortho intramolecular Hbond substituents is 2. The molecule has 4 rings (SSSR count). The number of phenols is 2. The molecule has 4 aromatic rings. The van der Waals surface area contributed by atoms with Crippen molar-refractivity contribution in [1.82, 2.24) is 0 Å². The second kappa shape index (κ2) is 8.42. The maximum atomic E-state index is 10.1. The zero-order valence-electron chi connectivity index (χ0n) is 15.8. The molecule has 0 heterocycles. The second-order valence-electron chi connectivity index (χ2n) is 6.98. The molecule has 0 aliphatic rings. The van der Waals surface area contributed by atoms with Crippen LogP contribution < -0.4 is 0 Å². The van der Waals surface area contributed by atoms with Crippen LogP contribution in [-0.4, -0.2) is 16.1 Å². The highest BCUT2D eigenvalue weighted by atomic mass is 35.5. The highest BCUT2D eigenvalue weighted by Gasteiger charge is 2.22. The van der Waals surface area contributed by atoms with Crippen molar-refractivity contribution in [3.8, 4) is 33.8 Å². The molecule has 0 aliphatic carbocycles. The topological polar surface area (TPSA) is 40.5 Å². The van der Waals surface area contributed by atoms with E-state index >= 15 is 0 Å². The van der Waals surface area contributed by atoms with E-state index in [1.165, 1.54) is 0 Å². The van der Waals surface area contributed by atoms with Gasteiger partial charge in [0.1, 0.15) is 11.5 Å². The molecule has 0 bridgehead atoms. The number of alkyl halides is 1. The lowest BCUT2D eigenvalue weighted by molar-refractivity contribution is 0.475. The van der Waals surface area contributed by atoms with Gasteiger partial charge in [-0.1, -0.05) is 72.8 Å². The summed E-state index contributed by atoms with van der Waals surface area (Å²) in [6.07, 6.45) is 0. The quantitative estimate of drug-likeness (QED) is 0.361. The molecule has 0 saturated heterocycles. The van der Waals surface area contributed by atoms with E-state index in [1.807, 2.05) is 72.8 Å². The summed E-state index contributed by atoms with van der Waals surface area (Å²) in [7, 11) is 0. The molecule has 0 unspecified atom stereocenters. The summed E-state index contributed by atoms with van der Waals surface area (Å²) in [5.74, 6) is 0.697. The molecule has 0 amide bonds. The summed E-state index contributed by atoms with van der Waals surface area (Å²) in [4.78, 5) is 0. The third kappa shape index (κ3) is 3.98. The van der Waals surface area contributed by atoms with Crippen LogP contribution in [0.1, 0.15) is 17.0 Å². The molecule has 4 aromatic carbocycles. The van der Waals surface area contributed by atoms with Gasteiger partial charge in [0.2, 0.25) is 0 Å². The van der Waals surface area contributed by atoms with E-state index < -0.39 is 0 Å². The van der Waals surface area contributed by atoms with Crippen LogP contribution in [0.4, 0.5) is 0 Å². The number of halogens is 1. The Bertz CT molecular complexity index is 1020. The van der Waals surface area contributed by atoms with Crippen LogP contribution in [0.25, 0.3) is 22.3 Å². The fourth-order valence-electron chi connectivity index (χ4n) is 3.77. The van der Waals surface area contributed by atoms with E-state index in [9.17, 15) is 10.2 Å². The van der Waals surface area contributed by atoms with Gasteiger partial charge in [0.15, 0.2) is 0 Å². The van der Waals surface area contributed by atoms with Gasteiger partial charge in [0.25, 0.3) is 0 Å². The monoisotopic (exact) mass is 400 g/mol. The lowest BCUT2D eigenvalue weighted by Crippen LogP contribution is -2.06. The molecule has 0 radical (unpaired) electrons. The van der Waals surface area contributed by atoms with Crippen LogP contribution >= 0.6 is 11.6 Å². The van der Waals surface area contributed by atoms with Gasteiger partial charge in [0.05, 0.1) is 0 Å². The van der Waals surface area contributed by atoms with Crippen LogP contribution in [0.2, 0.25) is 0 Å². The largest absolute Gasteiger partial charge is 0.508 e. The van der Waals surface area contributed by atoms with Crippen molar-refractivity contribution in [2.24, 2.45) is 0 Å². The lowest BCUT2D eigenvalue weighted by atomic mass is 9.83. The Morgan fingerprint density at radius 1 is 0.586 bits per heavy atom. The summed E-state index contributed by atoms with van der Waals surface area (Å²) in [6, 6.07) is 30.8. The van der Waals surface area contributed by atoms with Crippen molar-refractivity contribution >= 4 is 11.6 Å². The van der Waals surface area contributed by atoms with Crippen molar-refractivity contribution in [2.75, 3.05) is 5.88 Å². The summed E-state index contributed by atoms with van der Waals surface area (Å²) in [6.45, 7) is 0. The summed E-state index contributed by atoms with van der Waals surface area (Å²) in [5.41, 5.74) is 6.01. The van der Waals surface area contributed by atoms with Gasteiger partial charge in [-0.25, -0.2) is 0 Å². The summed E-state index contributed by atoms with van der Waals surface area (Å²) in [5, 5.41) is 20.3. The molecule has 0 aliphatic heterocycles. The summed E-state index contributed by atoms with van der Waals surface area (Å²) >= 11 is 6.51. The van der Waals surface area contributed by atoms with Crippen molar-refractivity contribution in [1.29, 1.82) is 0 Å². The number of aromatic hydroxyl groups is 2. The first-order valence-corrected chi connectivity index (χ1v) is 10.0. The Morgan fingerprint density at radius 2 is 1.00 bits per heavy atom. The Hall–Kier alpha value is -3.23. The van der Waals surface area contributed by atoms with Crippen LogP contribution in [0, 0.1) is 0 Å². The molecule has 0 saturated carbocycles. The van der Waals surface area contributed by atoms with Crippen LogP contribution in [0.3, 0.4) is 0 Å². The zero-order chi connectivity index (χ0) is 20.2. The van der Waals surface area contributed by atoms with Gasteiger partial charge in [0, 0.05) is 11.8 Å². The molecular weight excluding hydrogens is 380 g/mol. The SMILES string of the molecule is Oc1ccc(C(CCl)c2ccc(O)cc2-c2ccccc2)c(-c2ccccc2)c1. The maximum absolute atomic E-state index is 10.1. The Balaban J connectivity index is 1.91. The lowest BCUT2D eigenvalue weighted by Gasteiger charge is -2.22. The molecule has 0 atom stereocenters. The van der Waals surface area contributed by atoms with Gasteiger partial charge in [-0.15, -0.1) is 11.6 Å². The summed E-state index contributed by atoms with van der Waals surface area (Å²) < 4.78 is 0. The number of rotatable bonds is 5. The van der Waals surface area contributed by atoms with Gasteiger partial charge in [-0.3, -0.25) is 0 Å². The highest BCUT2D eigenvalue weighted by molar-refractivity contribution is 6.18. The first kappa shape index (κ1) is 19.1. The maximum Gasteiger partial charge on any atom is 0.116 e. The fourth-order valence-corrected chi connectivity index (χ4v) is 4.10. The Labute approximate surface area is 175 Å². The molecule has 29 heavy (non-hydrogen) atoms. The first-order valence-electron chi connectivity index (χ1n) is 9.50. The van der Waals surface area contributed by atoms with Crippen LogP contribution in [0.15, 0.2) is 97.1 Å². The predicted octanol–water partition coefficient (Wildman–Crippen LogP) is 6.80. The number of hydrogen-bond donors (Lipinski definition) is 2. The average Bonchev–Trinajstić information content (AvgIpc) is 2.77. The fraction of sp³-hybridized carbons (Fsp3) is 0.0769. The zero-order valence-corrected chi connectivity index (χ0v) is 16.6. The van der Waals surface area contributed by atoms with Crippen molar-refractivity contribution in [3.63, 3.8) is 0 Å². The normalized spacial score (nSPS) is 11.0. The molecule has 3 heteroatoms. The van der Waals surface area contributed by atoms with Gasteiger partial charge in [-0.05, 0) is 57.6 Å². The van der Waals surface area contributed by atoms with Gasteiger partial charge >= 0.3 is 0 Å². The Kier molecular flexibility index (Phi) is 5.55. The molecule has 2 nitrogen and oxygen atoms in total. The van der Waals surface area contributed by atoms with Crippen LogP contribution in [-0.2, 0) is 0 Å². The van der Waals surface area contributed by atoms with E-state index in [1.54, 1.807) is 24.3 Å². The second-order valence-corrected chi connectivity index (χ2v) is 7.29. The first-order chi connectivity index (χ1) is 14.2. The van der Waals surface area contributed by atoms with Crippen molar-refractivity contribution in [2.45, 2.75) is 5.92 Å². The van der Waals surface area contributed by atoms with Crippen LogP contribution in [0.5, 0.6) is 11.5 Å². The predicted molar refractivity (Wildman–Crippen MR) is 120 cm³/mol. The van der Waals surface area contributed by atoms with Gasteiger partial charge in [-0.2, -0.15) is 0 Å². The smallest absolute Gasteiger partial charge is 0.116 e. The molecule has 0 aromatic heterocycles. The van der Waals surface area contributed by atoms with Crippen molar-refractivity contribution in [3.05, 3.63) is 108 Å². The third-order valence-electron chi connectivity index (χ3n) is 5.15. The van der Waals surface area contributed by atoms with Crippen molar-refractivity contribution < 1.29 is 10.2 Å². The minimum Gasteiger partial charge on any atom is -0.508 e. The minimum atomic E-state index is -0.108. The van der Waals surface area contributed by atoms with E-state index in [0.717, 1.165) is 33.4 Å². The molecule has 0 fully saturated rings. The number of benzene rings is 4. The Morgan fingerprint density at radius 3 is 1.38 bits per heavy atom. The standard InChI is InChI=1S/C26H21ClO2/c27-17-26(22-13-11-20(28)15-24(22)18-7-3-1-4-8-18)23-14-12-21(29)16-25(23)19-9-5-2-6-10-19/h1-16,26,28-29H,17H2. The van der Waals surface area contributed by atoms with E-state index in [-0.39, 0.29) is 17.4 Å². The van der Waals surface area contributed by atoms with E-state index in [0.29, 0.717) is 5.88 Å². The van der Waals surface area contributed by atoms with E-state index in [4.69, 9.17) is 11.6 Å². The molecule has 144 valence electrons. The molecular formula is C26H21ClO2. The molecule has 0 spiro atoms. The number of hydrogen-bond acceptors (Lipinski definition) is 2. The van der Waals surface area contributed by atoms with E-state index in [2.05, 4.69) is 0 Å². The molecule has 2 N–H and O–H groups in total. The van der Waals surface area contributed by atoms with Gasteiger partial charge < -0.3 is 10.2 Å².